The number of hydrogen-bond donors (Lipinski definition) is 1. The summed E-state index contributed by atoms with van der Waals surface area (Å²) in [5.74, 6) is 0. The number of thiazole rings is 1. The highest BCUT2D eigenvalue weighted by atomic mass is 32.1. The zero-order valence-corrected chi connectivity index (χ0v) is 13.1. The number of aromatic nitrogens is 1. The van der Waals surface area contributed by atoms with E-state index in [0.717, 1.165) is 13.1 Å². The highest BCUT2D eigenvalue weighted by molar-refractivity contribution is 7.11. The van der Waals surface area contributed by atoms with E-state index in [1.165, 1.54) is 41.4 Å². The Hall–Kier alpha value is -0.710. The SMILES string of the molecule is CC(C)=CCN1CCC(NCc2ncc(C)s2)CC1. The van der Waals surface area contributed by atoms with Gasteiger partial charge in [-0.1, -0.05) is 11.6 Å². The van der Waals surface area contributed by atoms with Crippen LogP contribution in [0.5, 0.6) is 0 Å². The Bertz CT molecular complexity index is 413. The Morgan fingerprint density at radius 3 is 2.79 bits per heavy atom. The van der Waals surface area contributed by atoms with Crippen molar-refractivity contribution in [1.29, 1.82) is 0 Å². The third-order valence-corrected chi connectivity index (χ3v) is 4.47. The van der Waals surface area contributed by atoms with Crippen LogP contribution in [0.3, 0.4) is 0 Å². The number of nitrogens with one attached hydrogen (secondary N) is 1. The van der Waals surface area contributed by atoms with E-state index in [1.54, 1.807) is 11.3 Å². The maximum Gasteiger partial charge on any atom is 0.107 e. The van der Waals surface area contributed by atoms with Gasteiger partial charge in [-0.3, -0.25) is 4.90 Å². The number of allylic oxidation sites excluding steroid dienone is 1. The molecular weight excluding hydrogens is 254 g/mol. The average molecular weight is 279 g/mol. The lowest BCUT2D eigenvalue weighted by molar-refractivity contribution is 0.214. The summed E-state index contributed by atoms with van der Waals surface area (Å²) in [7, 11) is 0. The lowest BCUT2D eigenvalue weighted by Gasteiger charge is -2.31. The first-order valence-corrected chi connectivity index (χ1v) is 7.95. The largest absolute Gasteiger partial charge is 0.308 e. The van der Waals surface area contributed by atoms with E-state index in [9.17, 15) is 0 Å². The maximum absolute atomic E-state index is 4.40. The molecule has 1 N–H and O–H groups in total. The first kappa shape index (κ1) is 14.7. The minimum Gasteiger partial charge on any atom is -0.308 e. The predicted molar refractivity (Wildman–Crippen MR) is 82.6 cm³/mol. The van der Waals surface area contributed by atoms with E-state index < -0.39 is 0 Å². The zero-order valence-electron chi connectivity index (χ0n) is 12.3. The summed E-state index contributed by atoms with van der Waals surface area (Å²) in [6, 6.07) is 0.659. The van der Waals surface area contributed by atoms with Gasteiger partial charge in [-0.05, 0) is 46.7 Å². The van der Waals surface area contributed by atoms with Crippen LogP contribution in [-0.2, 0) is 6.54 Å². The molecule has 1 aromatic heterocycles. The van der Waals surface area contributed by atoms with Gasteiger partial charge in [-0.2, -0.15) is 0 Å². The molecule has 0 saturated carbocycles. The second-order valence-electron chi connectivity index (χ2n) is 5.60. The van der Waals surface area contributed by atoms with E-state index in [0.29, 0.717) is 6.04 Å². The second kappa shape index (κ2) is 7.17. The molecule has 1 aliphatic rings. The molecule has 1 aromatic rings. The standard InChI is InChI=1S/C15H25N3S/c1-12(2)4-7-18-8-5-14(6-9-18)16-11-15-17-10-13(3)19-15/h4,10,14,16H,5-9,11H2,1-3H3. The van der Waals surface area contributed by atoms with Crippen LogP contribution >= 0.6 is 11.3 Å². The third kappa shape index (κ3) is 5.05. The van der Waals surface area contributed by atoms with Gasteiger partial charge in [0.1, 0.15) is 5.01 Å². The number of piperidine rings is 1. The Kier molecular flexibility index (Phi) is 5.55. The molecule has 0 bridgehead atoms. The van der Waals surface area contributed by atoms with Gasteiger partial charge in [0.2, 0.25) is 0 Å². The third-order valence-electron chi connectivity index (χ3n) is 3.56. The molecule has 1 aliphatic heterocycles. The van der Waals surface area contributed by atoms with Crippen LogP contribution in [0.2, 0.25) is 0 Å². The smallest absolute Gasteiger partial charge is 0.107 e. The van der Waals surface area contributed by atoms with Crippen LogP contribution in [0.15, 0.2) is 17.8 Å². The summed E-state index contributed by atoms with van der Waals surface area (Å²) in [4.78, 5) is 8.24. The summed E-state index contributed by atoms with van der Waals surface area (Å²) in [5.41, 5.74) is 1.42. The Morgan fingerprint density at radius 2 is 2.21 bits per heavy atom. The summed E-state index contributed by atoms with van der Waals surface area (Å²) in [6.07, 6.45) is 6.79. The minimum absolute atomic E-state index is 0.659. The molecule has 0 radical (unpaired) electrons. The van der Waals surface area contributed by atoms with E-state index >= 15 is 0 Å². The van der Waals surface area contributed by atoms with Gasteiger partial charge in [-0.25, -0.2) is 4.98 Å². The molecule has 1 saturated heterocycles. The molecule has 0 atom stereocenters. The molecule has 0 spiro atoms. The van der Waals surface area contributed by atoms with Crippen LogP contribution in [0, 0.1) is 6.92 Å². The van der Waals surface area contributed by atoms with Gasteiger partial charge in [0, 0.05) is 30.2 Å². The normalized spacial score (nSPS) is 17.6. The van der Waals surface area contributed by atoms with Gasteiger partial charge in [0.15, 0.2) is 0 Å². The first-order chi connectivity index (χ1) is 9.13. The molecule has 2 heterocycles. The van der Waals surface area contributed by atoms with Crippen LogP contribution in [0.25, 0.3) is 0 Å². The van der Waals surface area contributed by atoms with Gasteiger partial charge >= 0.3 is 0 Å². The van der Waals surface area contributed by atoms with Gasteiger partial charge in [0.25, 0.3) is 0 Å². The molecular formula is C15H25N3S. The molecule has 4 heteroatoms. The monoisotopic (exact) mass is 279 g/mol. The van der Waals surface area contributed by atoms with E-state index in [2.05, 4.69) is 42.0 Å². The minimum atomic E-state index is 0.659. The quantitative estimate of drug-likeness (QED) is 0.840. The lowest BCUT2D eigenvalue weighted by atomic mass is 10.1. The fraction of sp³-hybridized carbons (Fsp3) is 0.667. The Labute approximate surface area is 120 Å². The molecule has 0 amide bonds. The number of hydrogen-bond acceptors (Lipinski definition) is 4. The highest BCUT2D eigenvalue weighted by Gasteiger charge is 2.18. The summed E-state index contributed by atoms with van der Waals surface area (Å²) >= 11 is 1.80. The van der Waals surface area contributed by atoms with Crippen molar-refractivity contribution in [3.8, 4) is 0 Å². The maximum atomic E-state index is 4.40. The predicted octanol–water partition coefficient (Wildman–Crippen LogP) is 2.97. The molecule has 3 nitrogen and oxygen atoms in total. The van der Waals surface area contributed by atoms with E-state index in [4.69, 9.17) is 0 Å². The van der Waals surface area contributed by atoms with Crippen LogP contribution in [-0.4, -0.2) is 35.6 Å². The van der Waals surface area contributed by atoms with Crippen LogP contribution in [0.1, 0.15) is 36.6 Å². The summed E-state index contributed by atoms with van der Waals surface area (Å²) < 4.78 is 0. The summed E-state index contributed by atoms with van der Waals surface area (Å²) in [5, 5.41) is 4.85. The van der Waals surface area contributed by atoms with Crippen molar-refractivity contribution in [2.24, 2.45) is 0 Å². The lowest BCUT2D eigenvalue weighted by Crippen LogP contribution is -2.42. The van der Waals surface area contributed by atoms with Crippen molar-refractivity contribution >= 4 is 11.3 Å². The topological polar surface area (TPSA) is 28.2 Å². The van der Waals surface area contributed by atoms with Crippen molar-refractivity contribution in [1.82, 2.24) is 15.2 Å². The number of likely N-dealkylation sites (tertiary alicyclic amines) is 1. The molecule has 19 heavy (non-hydrogen) atoms. The fourth-order valence-electron chi connectivity index (χ4n) is 2.35. The van der Waals surface area contributed by atoms with Crippen LogP contribution < -0.4 is 5.32 Å². The van der Waals surface area contributed by atoms with Crippen LogP contribution in [0.4, 0.5) is 0 Å². The molecule has 2 rings (SSSR count). The second-order valence-corrected chi connectivity index (χ2v) is 6.92. The number of nitrogens with zero attached hydrogens (tertiary/aromatic N) is 2. The number of aryl methyl sites for hydroxylation is 1. The van der Waals surface area contributed by atoms with Gasteiger partial charge in [0.05, 0.1) is 0 Å². The summed E-state index contributed by atoms with van der Waals surface area (Å²) in [6.45, 7) is 10.9. The van der Waals surface area contributed by atoms with Gasteiger partial charge < -0.3 is 5.32 Å². The number of rotatable bonds is 5. The highest BCUT2D eigenvalue weighted by Crippen LogP contribution is 2.14. The van der Waals surface area contributed by atoms with E-state index in [-0.39, 0.29) is 0 Å². The molecule has 106 valence electrons. The van der Waals surface area contributed by atoms with Crippen molar-refractivity contribution in [2.75, 3.05) is 19.6 Å². The first-order valence-electron chi connectivity index (χ1n) is 7.14. The zero-order chi connectivity index (χ0) is 13.7. The molecule has 0 aliphatic carbocycles. The van der Waals surface area contributed by atoms with Gasteiger partial charge in [-0.15, -0.1) is 11.3 Å². The van der Waals surface area contributed by atoms with Crippen molar-refractivity contribution in [3.63, 3.8) is 0 Å². The van der Waals surface area contributed by atoms with Crippen molar-refractivity contribution in [3.05, 3.63) is 27.7 Å². The Morgan fingerprint density at radius 1 is 1.47 bits per heavy atom. The average Bonchev–Trinajstić information content (AvgIpc) is 2.81. The van der Waals surface area contributed by atoms with Crippen molar-refractivity contribution in [2.45, 2.75) is 46.2 Å². The van der Waals surface area contributed by atoms with E-state index in [1.807, 2.05) is 6.20 Å². The molecule has 0 unspecified atom stereocenters. The molecule has 1 fully saturated rings. The fourth-order valence-corrected chi connectivity index (χ4v) is 3.08. The Balaban J connectivity index is 1.67. The molecule has 0 aromatic carbocycles. The van der Waals surface area contributed by atoms with Crippen molar-refractivity contribution < 1.29 is 0 Å².